The smallest absolute Gasteiger partial charge is 0.231 e. The molecule has 0 bridgehead atoms. The fraction of sp³-hybridized carbons (Fsp3) is 0.125. The van der Waals surface area contributed by atoms with Crippen LogP contribution in [0.2, 0.25) is 0 Å². The standard InChI is InChI=1S/C16H13BrN2O3S/c17-12-3-1-11(2-4-12)9-16-18-15(19-22-16)10-23(21)14-7-5-13(20)6-8-14/h1-8,20H,9-10H2. The molecule has 0 saturated carbocycles. The fourth-order valence-corrected chi connectivity index (χ4v) is 3.22. The third kappa shape index (κ3) is 4.27. The molecule has 0 aliphatic carbocycles. The predicted octanol–water partition coefficient (Wildman–Crippen LogP) is 3.44. The van der Waals surface area contributed by atoms with Gasteiger partial charge in [-0.2, -0.15) is 4.98 Å². The molecule has 5 nitrogen and oxygen atoms in total. The van der Waals surface area contributed by atoms with Crippen LogP contribution in [0, 0.1) is 0 Å². The average molecular weight is 393 g/mol. The van der Waals surface area contributed by atoms with Gasteiger partial charge in [0.15, 0.2) is 5.82 Å². The number of aromatic nitrogens is 2. The van der Waals surface area contributed by atoms with Crippen molar-refractivity contribution < 1.29 is 13.8 Å². The molecule has 0 aliphatic heterocycles. The van der Waals surface area contributed by atoms with Crippen molar-refractivity contribution in [2.45, 2.75) is 17.1 Å². The first-order valence-electron chi connectivity index (χ1n) is 6.83. The van der Waals surface area contributed by atoms with E-state index in [2.05, 4.69) is 26.1 Å². The van der Waals surface area contributed by atoms with Crippen molar-refractivity contribution in [1.29, 1.82) is 0 Å². The molecule has 0 aliphatic rings. The quantitative estimate of drug-likeness (QED) is 0.719. The highest BCUT2D eigenvalue weighted by atomic mass is 79.9. The highest BCUT2D eigenvalue weighted by molar-refractivity contribution is 9.10. The summed E-state index contributed by atoms with van der Waals surface area (Å²) < 4.78 is 18.5. The van der Waals surface area contributed by atoms with Crippen molar-refractivity contribution in [2.75, 3.05) is 0 Å². The number of phenols is 1. The zero-order valence-corrected chi connectivity index (χ0v) is 14.4. The molecule has 1 heterocycles. The number of hydrogen-bond donors (Lipinski definition) is 1. The Morgan fingerprint density at radius 2 is 1.78 bits per heavy atom. The number of rotatable bonds is 5. The van der Waals surface area contributed by atoms with Gasteiger partial charge in [-0.05, 0) is 42.0 Å². The molecule has 23 heavy (non-hydrogen) atoms. The van der Waals surface area contributed by atoms with Crippen LogP contribution in [0.25, 0.3) is 0 Å². The van der Waals surface area contributed by atoms with Crippen LogP contribution in [0.4, 0.5) is 0 Å². The molecule has 0 amide bonds. The summed E-state index contributed by atoms with van der Waals surface area (Å²) in [6.45, 7) is 0. The molecule has 3 aromatic rings. The Morgan fingerprint density at radius 3 is 2.48 bits per heavy atom. The summed E-state index contributed by atoms with van der Waals surface area (Å²) in [7, 11) is -1.28. The molecule has 7 heteroatoms. The lowest BCUT2D eigenvalue weighted by molar-refractivity contribution is 0.381. The Hall–Kier alpha value is -1.99. The Morgan fingerprint density at radius 1 is 1.09 bits per heavy atom. The third-order valence-electron chi connectivity index (χ3n) is 3.14. The minimum atomic E-state index is -1.28. The van der Waals surface area contributed by atoms with Crippen LogP contribution in [0.3, 0.4) is 0 Å². The van der Waals surface area contributed by atoms with Crippen LogP contribution in [-0.2, 0) is 23.0 Å². The lowest BCUT2D eigenvalue weighted by Gasteiger charge is -1.99. The van der Waals surface area contributed by atoms with E-state index in [-0.39, 0.29) is 11.5 Å². The summed E-state index contributed by atoms with van der Waals surface area (Å²) in [5.41, 5.74) is 1.06. The number of benzene rings is 2. The number of phenolic OH excluding ortho intramolecular Hbond substituents is 1. The molecule has 2 aromatic carbocycles. The molecule has 118 valence electrons. The van der Waals surface area contributed by atoms with E-state index in [1.807, 2.05) is 24.3 Å². The highest BCUT2D eigenvalue weighted by Gasteiger charge is 2.12. The first kappa shape index (κ1) is 15.9. The lowest BCUT2D eigenvalue weighted by Crippen LogP contribution is -1.98. The topological polar surface area (TPSA) is 76.2 Å². The number of aromatic hydroxyl groups is 1. The maximum Gasteiger partial charge on any atom is 0.231 e. The van der Waals surface area contributed by atoms with Crippen molar-refractivity contribution in [2.24, 2.45) is 0 Å². The van der Waals surface area contributed by atoms with E-state index in [1.165, 1.54) is 12.1 Å². The van der Waals surface area contributed by atoms with Crippen molar-refractivity contribution in [3.63, 3.8) is 0 Å². The molecule has 0 radical (unpaired) electrons. The normalized spacial score (nSPS) is 12.2. The summed E-state index contributed by atoms with van der Waals surface area (Å²) >= 11 is 3.39. The highest BCUT2D eigenvalue weighted by Crippen LogP contribution is 2.16. The first-order valence-corrected chi connectivity index (χ1v) is 8.94. The van der Waals surface area contributed by atoms with Crippen molar-refractivity contribution in [1.82, 2.24) is 10.1 Å². The summed E-state index contributed by atoms with van der Waals surface area (Å²) in [5, 5.41) is 13.1. The van der Waals surface area contributed by atoms with Crippen LogP contribution in [0.1, 0.15) is 17.3 Å². The van der Waals surface area contributed by atoms with Gasteiger partial charge in [-0.1, -0.05) is 33.2 Å². The second kappa shape index (κ2) is 7.06. The average Bonchev–Trinajstić information content (AvgIpc) is 2.97. The molecule has 1 atom stereocenters. The van der Waals surface area contributed by atoms with Gasteiger partial charge in [-0.15, -0.1) is 0 Å². The van der Waals surface area contributed by atoms with Crippen molar-refractivity contribution in [3.8, 4) is 5.75 Å². The van der Waals surface area contributed by atoms with E-state index in [9.17, 15) is 9.32 Å². The summed E-state index contributed by atoms with van der Waals surface area (Å²) in [4.78, 5) is 4.89. The van der Waals surface area contributed by atoms with Crippen LogP contribution >= 0.6 is 15.9 Å². The Balaban J connectivity index is 1.66. The van der Waals surface area contributed by atoms with Crippen LogP contribution in [0.5, 0.6) is 5.75 Å². The summed E-state index contributed by atoms with van der Waals surface area (Å²) in [6, 6.07) is 14.1. The monoisotopic (exact) mass is 392 g/mol. The molecule has 0 saturated heterocycles. The van der Waals surface area contributed by atoms with Crippen LogP contribution in [0.15, 0.2) is 62.4 Å². The predicted molar refractivity (Wildman–Crippen MR) is 89.5 cm³/mol. The molecular formula is C16H13BrN2O3S. The van der Waals surface area contributed by atoms with Crippen LogP contribution < -0.4 is 0 Å². The van der Waals surface area contributed by atoms with Gasteiger partial charge in [0.2, 0.25) is 5.89 Å². The van der Waals surface area contributed by atoms with Gasteiger partial charge in [0.1, 0.15) is 5.75 Å². The number of halogens is 1. The van der Waals surface area contributed by atoms with Gasteiger partial charge in [0.05, 0.1) is 23.0 Å². The number of nitrogens with zero attached hydrogens (tertiary/aromatic N) is 2. The molecule has 0 fully saturated rings. The minimum Gasteiger partial charge on any atom is -0.508 e. The maximum atomic E-state index is 12.2. The maximum absolute atomic E-state index is 12.2. The largest absolute Gasteiger partial charge is 0.508 e. The van der Waals surface area contributed by atoms with Gasteiger partial charge < -0.3 is 9.63 Å². The van der Waals surface area contributed by atoms with Gasteiger partial charge in [0.25, 0.3) is 0 Å². The Labute approximate surface area is 143 Å². The fourth-order valence-electron chi connectivity index (χ4n) is 2.00. The molecule has 1 unspecified atom stereocenters. The lowest BCUT2D eigenvalue weighted by atomic mass is 10.1. The molecule has 1 aromatic heterocycles. The molecular weight excluding hydrogens is 380 g/mol. The molecule has 3 rings (SSSR count). The Kier molecular flexibility index (Phi) is 4.88. The van der Waals surface area contributed by atoms with E-state index in [4.69, 9.17) is 4.52 Å². The number of hydrogen-bond acceptors (Lipinski definition) is 5. The zero-order chi connectivity index (χ0) is 16.2. The van der Waals surface area contributed by atoms with Crippen molar-refractivity contribution in [3.05, 3.63) is 70.3 Å². The van der Waals surface area contributed by atoms with E-state index in [1.54, 1.807) is 12.1 Å². The van der Waals surface area contributed by atoms with E-state index in [0.29, 0.717) is 23.0 Å². The van der Waals surface area contributed by atoms with Gasteiger partial charge in [-0.25, -0.2) is 0 Å². The van der Waals surface area contributed by atoms with Gasteiger partial charge in [0, 0.05) is 9.37 Å². The summed E-state index contributed by atoms with van der Waals surface area (Å²) in [5.74, 6) is 1.21. The first-order chi connectivity index (χ1) is 11.1. The summed E-state index contributed by atoms with van der Waals surface area (Å²) in [6.07, 6.45) is 0.534. The molecule has 1 N–H and O–H groups in total. The van der Waals surface area contributed by atoms with Gasteiger partial charge >= 0.3 is 0 Å². The van der Waals surface area contributed by atoms with Crippen molar-refractivity contribution >= 4 is 26.7 Å². The minimum absolute atomic E-state index is 0.141. The Bertz CT molecular complexity index is 816. The van der Waals surface area contributed by atoms with Crippen LogP contribution in [-0.4, -0.2) is 19.5 Å². The second-order valence-corrected chi connectivity index (χ2v) is 7.26. The van der Waals surface area contributed by atoms with Gasteiger partial charge in [-0.3, -0.25) is 4.21 Å². The third-order valence-corrected chi connectivity index (χ3v) is 4.99. The van der Waals surface area contributed by atoms with E-state index in [0.717, 1.165) is 10.0 Å². The van der Waals surface area contributed by atoms with E-state index < -0.39 is 10.8 Å². The SMILES string of the molecule is O=S(Cc1noc(Cc2ccc(Br)cc2)n1)c1ccc(O)cc1. The molecule has 0 spiro atoms. The zero-order valence-electron chi connectivity index (χ0n) is 12.0. The van der Waals surface area contributed by atoms with E-state index >= 15 is 0 Å². The second-order valence-electron chi connectivity index (χ2n) is 4.89.